The fraction of sp³-hybridized carbons (Fsp3) is 0.333. The highest BCUT2D eigenvalue weighted by Crippen LogP contribution is 2.35. The van der Waals surface area contributed by atoms with Crippen LogP contribution >= 0.6 is 11.8 Å². The van der Waals surface area contributed by atoms with Gasteiger partial charge in [-0.2, -0.15) is 0 Å². The molecule has 1 heterocycles. The van der Waals surface area contributed by atoms with E-state index in [0.717, 1.165) is 12.2 Å². The van der Waals surface area contributed by atoms with Crippen LogP contribution in [0, 0.1) is 0 Å². The van der Waals surface area contributed by atoms with E-state index in [1.165, 1.54) is 10.6 Å². The van der Waals surface area contributed by atoms with Gasteiger partial charge in [0, 0.05) is 28.1 Å². The summed E-state index contributed by atoms with van der Waals surface area (Å²) >= 11 is 1.90. The van der Waals surface area contributed by atoms with Crippen LogP contribution in [-0.4, -0.2) is 11.8 Å². The molecule has 1 aliphatic rings. The van der Waals surface area contributed by atoms with Crippen LogP contribution in [0.5, 0.6) is 0 Å². The molecule has 0 saturated carbocycles. The number of thioether (sulfide) groups is 1. The molecular formula is C9H12N2S. The Hall–Kier alpha value is -0.830. The lowest BCUT2D eigenvalue weighted by Crippen LogP contribution is -2.18. The van der Waals surface area contributed by atoms with Gasteiger partial charge in [-0.1, -0.05) is 6.92 Å². The first-order chi connectivity index (χ1) is 5.75. The number of benzene rings is 1. The fourth-order valence-electron chi connectivity index (χ4n) is 1.30. The van der Waals surface area contributed by atoms with Crippen LogP contribution in [-0.2, 0) is 0 Å². The quantitative estimate of drug-likeness (QED) is 0.601. The summed E-state index contributed by atoms with van der Waals surface area (Å²) < 4.78 is 0. The summed E-state index contributed by atoms with van der Waals surface area (Å²) in [6.45, 7) is 3.25. The summed E-state index contributed by atoms with van der Waals surface area (Å²) in [5.74, 6) is 0. The van der Waals surface area contributed by atoms with Gasteiger partial charge in [0.25, 0.3) is 0 Å². The van der Waals surface area contributed by atoms with Crippen molar-refractivity contribution in [2.45, 2.75) is 17.1 Å². The Morgan fingerprint density at radius 3 is 3.25 bits per heavy atom. The number of nitrogen functional groups attached to an aromatic ring is 1. The second-order valence-electron chi connectivity index (χ2n) is 3.06. The zero-order chi connectivity index (χ0) is 8.55. The van der Waals surface area contributed by atoms with Crippen LogP contribution in [0.4, 0.5) is 11.4 Å². The third-order valence-electron chi connectivity index (χ3n) is 1.91. The second kappa shape index (κ2) is 2.90. The van der Waals surface area contributed by atoms with E-state index in [0.29, 0.717) is 5.25 Å². The lowest BCUT2D eigenvalue weighted by molar-refractivity contribution is 0.975. The molecule has 0 spiro atoms. The van der Waals surface area contributed by atoms with E-state index >= 15 is 0 Å². The molecule has 64 valence electrons. The number of hydrogen-bond acceptors (Lipinski definition) is 3. The maximum Gasteiger partial charge on any atom is 0.0499 e. The molecule has 1 aromatic carbocycles. The Labute approximate surface area is 76.5 Å². The zero-order valence-corrected chi connectivity index (χ0v) is 7.82. The normalized spacial score (nSPS) is 21.2. The van der Waals surface area contributed by atoms with Crippen LogP contribution < -0.4 is 11.1 Å². The van der Waals surface area contributed by atoms with E-state index in [-0.39, 0.29) is 0 Å². The molecule has 0 amide bonds. The number of rotatable bonds is 0. The van der Waals surface area contributed by atoms with Crippen LogP contribution in [0.1, 0.15) is 6.92 Å². The van der Waals surface area contributed by atoms with Gasteiger partial charge < -0.3 is 11.1 Å². The average Bonchev–Trinajstić information content (AvgIpc) is 2.05. The lowest BCUT2D eigenvalue weighted by Gasteiger charge is -2.22. The summed E-state index contributed by atoms with van der Waals surface area (Å²) in [7, 11) is 0. The van der Waals surface area contributed by atoms with E-state index in [2.05, 4.69) is 18.3 Å². The van der Waals surface area contributed by atoms with E-state index < -0.39 is 0 Å². The number of nitrogens with one attached hydrogen (secondary N) is 1. The highest BCUT2D eigenvalue weighted by Gasteiger charge is 2.14. The topological polar surface area (TPSA) is 38.0 Å². The van der Waals surface area contributed by atoms with Gasteiger partial charge in [0.2, 0.25) is 0 Å². The summed E-state index contributed by atoms with van der Waals surface area (Å²) in [5, 5.41) is 4.01. The van der Waals surface area contributed by atoms with Crippen LogP contribution in [0.3, 0.4) is 0 Å². The molecule has 2 rings (SSSR count). The zero-order valence-electron chi connectivity index (χ0n) is 7.00. The molecule has 0 saturated heterocycles. The summed E-state index contributed by atoms with van der Waals surface area (Å²) in [4.78, 5) is 1.31. The predicted octanol–water partition coefficient (Wildman–Crippen LogP) is 2.17. The molecule has 0 bridgehead atoms. The Balaban J connectivity index is 2.37. The van der Waals surface area contributed by atoms with Gasteiger partial charge in [-0.05, 0) is 18.2 Å². The number of fused-ring (bicyclic) bond motifs is 1. The Morgan fingerprint density at radius 2 is 2.42 bits per heavy atom. The molecule has 1 atom stereocenters. The number of anilines is 2. The highest BCUT2D eigenvalue weighted by atomic mass is 32.2. The average molecular weight is 180 g/mol. The molecule has 3 N–H and O–H groups in total. The molecule has 0 fully saturated rings. The molecule has 0 aromatic heterocycles. The van der Waals surface area contributed by atoms with E-state index in [1.807, 2.05) is 23.9 Å². The van der Waals surface area contributed by atoms with Crippen molar-refractivity contribution >= 4 is 23.1 Å². The Morgan fingerprint density at radius 1 is 1.58 bits per heavy atom. The van der Waals surface area contributed by atoms with Gasteiger partial charge >= 0.3 is 0 Å². The van der Waals surface area contributed by atoms with Crippen molar-refractivity contribution in [1.29, 1.82) is 0 Å². The van der Waals surface area contributed by atoms with Crippen molar-refractivity contribution in [2.24, 2.45) is 0 Å². The largest absolute Gasteiger partial charge is 0.399 e. The van der Waals surface area contributed by atoms with Crippen molar-refractivity contribution in [1.82, 2.24) is 0 Å². The number of hydrogen-bond donors (Lipinski definition) is 2. The van der Waals surface area contributed by atoms with Crippen LogP contribution in [0.25, 0.3) is 0 Å². The number of nitrogens with two attached hydrogens (primary N) is 1. The first-order valence-electron chi connectivity index (χ1n) is 4.06. The molecule has 1 aromatic rings. The SMILES string of the molecule is CC1CNc2cc(N)ccc2S1. The molecular weight excluding hydrogens is 168 g/mol. The molecule has 0 radical (unpaired) electrons. The fourth-order valence-corrected chi connectivity index (χ4v) is 2.31. The van der Waals surface area contributed by atoms with Gasteiger partial charge in [-0.15, -0.1) is 11.8 Å². The Kier molecular flexibility index (Phi) is 1.89. The molecule has 12 heavy (non-hydrogen) atoms. The third kappa shape index (κ3) is 1.37. The summed E-state index contributed by atoms with van der Waals surface area (Å²) in [6, 6.07) is 6.03. The standard InChI is InChI=1S/C9H12N2S/c1-6-5-11-8-4-7(10)2-3-9(8)12-6/h2-4,6,11H,5,10H2,1H3. The predicted molar refractivity (Wildman–Crippen MR) is 54.7 cm³/mol. The van der Waals surface area contributed by atoms with Crippen molar-refractivity contribution in [3.63, 3.8) is 0 Å². The van der Waals surface area contributed by atoms with E-state index in [1.54, 1.807) is 0 Å². The smallest absolute Gasteiger partial charge is 0.0499 e. The summed E-state index contributed by atoms with van der Waals surface area (Å²) in [5.41, 5.74) is 7.68. The molecule has 1 aliphatic heterocycles. The van der Waals surface area contributed by atoms with E-state index in [4.69, 9.17) is 5.73 Å². The summed E-state index contributed by atoms with van der Waals surface area (Å²) in [6.07, 6.45) is 0. The van der Waals surface area contributed by atoms with Gasteiger partial charge in [-0.25, -0.2) is 0 Å². The molecule has 3 heteroatoms. The minimum Gasteiger partial charge on any atom is -0.399 e. The maximum atomic E-state index is 5.67. The Bertz CT molecular complexity index is 299. The molecule has 0 aliphatic carbocycles. The van der Waals surface area contributed by atoms with E-state index in [9.17, 15) is 0 Å². The highest BCUT2D eigenvalue weighted by molar-refractivity contribution is 8.00. The minimum absolute atomic E-state index is 0.654. The van der Waals surface area contributed by atoms with Crippen molar-refractivity contribution in [2.75, 3.05) is 17.6 Å². The van der Waals surface area contributed by atoms with Crippen molar-refractivity contribution in [3.8, 4) is 0 Å². The van der Waals surface area contributed by atoms with Gasteiger partial charge in [-0.3, -0.25) is 0 Å². The monoisotopic (exact) mass is 180 g/mol. The maximum absolute atomic E-state index is 5.67. The van der Waals surface area contributed by atoms with Gasteiger partial charge in [0.1, 0.15) is 0 Å². The minimum atomic E-state index is 0.654. The first-order valence-corrected chi connectivity index (χ1v) is 4.94. The molecule has 2 nitrogen and oxygen atoms in total. The van der Waals surface area contributed by atoms with Crippen molar-refractivity contribution < 1.29 is 0 Å². The first kappa shape index (κ1) is 7.80. The van der Waals surface area contributed by atoms with Gasteiger partial charge in [0.15, 0.2) is 0 Å². The van der Waals surface area contributed by atoms with Crippen molar-refractivity contribution in [3.05, 3.63) is 18.2 Å². The van der Waals surface area contributed by atoms with Crippen LogP contribution in [0.2, 0.25) is 0 Å². The van der Waals surface area contributed by atoms with Crippen LogP contribution in [0.15, 0.2) is 23.1 Å². The van der Waals surface area contributed by atoms with Gasteiger partial charge in [0.05, 0.1) is 0 Å². The second-order valence-corrected chi connectivity index (χ2v) is 4.55. The molecule has 1 unspecified atom stereocenters. The lowest BCUT2D eigenvalue weighted by atomic mass is 10.2. The third-order valence-corrected chi connectivity index (χ3v) is 3.09.